The summed E-state index contributed by atoms with van der Waals surface area (Å²) in [5.74, 6) is -0.484. The van der Waals surface area contributed by atoms with E-state index in [1.165, 1.54) is 18.9 Å². The summed E-state index contributed by atoms with van der Waals surface area (Å²) in [6.07, 6.45) is 0.970. The molecule has 2 heterocycles. The maximum Gasteiger partial charge on any atom is 0.337 e. The topological polar surface area (TPSA) is 99.0 Å². The van der Waals surface area contributed by atoms with Crippen molar-refractivity contribution < 1.29 is 14.3 Å². The van der Waals surface area contributed by atoms with Crippen LogP contribution in [-0.4, -0.2) is 44.5 Å². The molecule has 1 amide bonds. The van der Waals surface area contributed by atoms with E-state index in [0.29, 0.717) is 16.4 Å². The molecule has 2 aromatic heterocycles. The summed E-state index contributed by atoms with van der Waals surface area (Å²) in [6.45, 7) is 2.95. The van der Waals surface area contributed by atoms with Gasteiger partial charge in [0.1, 0.15) is 5.52 Å². The number of carbonyl (C=O) groups is 2. The molecule has 0 aliphatic rings. The van der Waals surface area contributed by atoms with Gasteiger partial charge in [-0.3, -0.25) is 4.79 Å². The van der Waals surface area contributed by atoms with E-state index in [-0.39, 0.29) is 11.7 Å². The van der Waals surface area contributed by atoms with E-state index in [4.69, 9.17) is 0 Å². The average Bonchev–Trinajstić information content (AvgIpc) is 3.11. The number of hydrogen-bond donors (Lipinski definition) is 1. The number of thioether (sulfide) groups is 1. The van der Waals surface area contributed by atoms with Crippen LogP contribution in [0.5, 0.6) is 0 Å². The molecule has 4 rings (SSSR count). The van der Waals surface area contributed by atoms with Gasteiger partial charge in [0.15, 0.2) is 5.65 Å². The number of rotatable bonds is 7. The Balaban J connectivity index is 1.47. The number of aromatic nitrogens is 4. The molecular formula is C22H21N5O3S. The van der Waals surface area contributed by atoms with Crippen LogP contribution in [0.25, 0.3) is 22.1 Å². The lowest BCUT2D eigenvalue weighted by Gasteiger charge is -2.06. The fourth-order valence-electron chi connectivity index (χ4n) is 3.34. The second-order valence-corrected chi connectivity index (χ2v) is 7.78. The monoisotopic (exact) mass is 435 g/mol. The quantitative estimate of drug-likeness (QED) is 0.347. The molecule has 0 fully saturated rings. The van der Waals surface area contributed by atoms with Crippen LogP contribution in [0.1, 0.15) is 23.7 Å². The number of amides is 1. The smallest absolute Gasteiger partial charge is 0.337 e. The van der Waals surface area contributed by atoms with Gasteiger partial charge in [0.25, 0.3) is 0 Å². The number of anilines is 1. The summed E-state index contributed by atoms with van der Waals surface area (Å²) < 4.78 is 6.81. The molecule has 0 unspecified atom stereocenters. The van der Waals surface area contributed by atoms with Crippen LogP contribution >= 0.6 is 11.8 Å². The van der Waals surface area contributed by atoms with Crippen molar-refractivity contribution in [3.63, 3.8) is 0 Å². The third kappa shape index (κ3) is 4.36. The van der Waals surface area contributed by atoms with Gasteiger partial charge in [0.2, 0.25) is 11.1 Å². The number of nitrogens with zero attached hydrogens (tertiary/aromatic N) is 4. The van der Waals surface area contributed by atoms with Gasteiger partial charge < -0.3 is 14.6 Å². The highest BCUT2D eigenvalue weighted by Crippen LogP contribution is 2.27. The molecular weight excluding hydrogens is 414 g/mol. The van der Waals surface area contributed by atoms with Crippen LogP contribution in [0, 0.1) is 0 Å². The molecule has 0 saturated heterocycles. The molecule has 158 valence electrons. The summed E-state index contributed by atoms with van der Waals surface area (Å²) in [5.41, 5.74) is 3.64. The molecule has 0 spiro atoms. The first-order valence-corrected chi connectivity index (χ1v) is 10.8. The zero-order chi connectivity index (χ0) is 21.8. The second-order valence-electron chi connectivity index (χ2n) is 6.84. The van der Waals surface area contributed by atoms with E-state index in [2.05, 4.69) is 42.8 Å². The van der Waals surface area contributed by atoms with Gasteiger partial charge in [-0.05, 0) is 36.8 Å². The van der Waals surface area contributed by atoms with Gasteiger partial charge in [-0.15, -0.1) is 10.2 Å². The Bertz CT molecular complexity index is 1250. The Morgan fingerprint density at radius 3 is 2.61 bits per heavy atom. The summed E-state index contributed by atoms with van der Waals surface area (Å²) in [5, 5.41) is 12.9. The number of nitrogens with one attached hydrogen (secondary N) is 1. The van der Waals surface area contributed by atoms with E-state index < -0.39 is 5.97 Å². The normalized spacial score (nSPS) is 11.0. The number of ether oxygens (including phenoxy) is 1. The summed E-state index contributed by atoms with van der Waals surface area (Å²) >= 11 is 1.23. The Kier molecular flexibility index (Phi) is 6.13. The molecule has 31 heavy (non-hydrogen) atoms. The number of methoxy groups -OCH3 is 1. The fraction of sp³-hybridized carbons (Fsp3) is 0.227. The van der Waals surface area contributed by atoms with Crippen molar-refractivity contribution >= 4 is 51.4 Å². The third-order valence-electron chi connectivity index (χ3n) is 4.72. The van der Waals surface area contributed by atoms with Crippen molar-refractivity contribution in [1.29, 1.82) is 0 Å². The van der Waals surface area contributed by atoms with Crippen LogP contribution in [0.15, 0.2) is 53.7 Å². The molecule has 0 bridgehead atoms. The zero-order valence-corrected chi connectivity index (χ0v) is 18.0. The highest BCUT2D eigenvalue weighted by molar-refractivity contribution is 7.99. The molecule has 8 nitrogen and oxygen atoms in total. The minimum atomic E-state index is -0.422. The summed E-state index contributed by atoms with van der Waals surface area (Å²) in [7, 11) is 1.32. The highest BCUT2D eigenvalue weighted by Gasteiger charge is 2.15. The highest BCUT2D eigenvalue weighted by atomic mass is 32.2. The van der Waals surface area contributed by atoms with Crippen LogP contribution < -0.4 is 5.32 Å². The predicted octanol–water partition coefficient (Wildman–Crippen LogP) is 3.91. The molecule has 1 N–H and O–H groups in total. The van der Waals surface area contributed by atoms with Crippen LogP contribution in [-0.2, 0) is 16.1 Å². The Morgan fingerprint density at radius 1 is 1.10 bits per heavy atom. The van der Waals surface area contributed by atoms with Gasteiger partial charge in [-0.1, -0.05) is 36.9 Å². The summed E-state index contributed by atoms with van der Waals surface area (Å²) in [6, 6.07) is 14.6. The van der Waals surface area contributed by atoms with Crippen molar-refractivity contribution in [3.8, 4) is 0 Å². The van der Waals surface area contributed by atoms with Gasteiger partial charge in [-0.2, -0.15) is 0 Å². The molecule has 0 aliphatic carbocycles. The van der Waals surface area contributed by atoms with Crippen molar-refractivity contribution in [1.82, 2.24) is 19.7 Å². The predicted molar refractivity (Wildman–Crippen MR) is 120 cm³/mol. The second kappa shape index (κ2) is 9.13. The summed E-state index contributed by atoms with van der Waals surface area (Å²) in [4.78, 5) is 28.5. The number of hydrogen-bond acceptors (Lipinski definition) is 7. The van der Waals surface area contributed by atoms with E-state index in [9.17, 15) is 9.59 Å². The molecule has 2 aromatic carbocycles. The minimum absolute atomic E-state index is 0.139. The number of esters is 1. The lowest BCUT2D eigenvalue weighted by molar-refractivity contribution is -0.113. The SMILES string of the molecule is CCCn1c2ccccc2c2nnc(SCC(=O)Nc3ccc(C(=O)OC)cc3)nc21. The number of carbonyl (C=O) groups excluding carboxylic acids is 2. The largest absolute Gasteiger partial charge is 0.465 e. The maximum atomic E-state index is 12.3. The molecule has 0 radical (unpaired) electrons. The van der Waals surface area contributed by atoms with E-state index >= 15 is 0 Å². The first-order valence-electron chi connectivity index (χ1n) is 9.83. The Morgan fingerprint density at radius 2 is 1.87 bits per heavy atom. The average molecular weight is 436 g/mol. The van der Waals surface area contributed by atoms with Crippen molar-refractivity contribution in [2.24, 2.45) is 0 Å². The Hall–Kier alpha value is -3.46. The molecule has 4 aromatic rings. The maximum absolute atomic E-state index is 12.3. The third-order valence-corrected chi connectivity index (χ3v) is 5.56. The lowest BCUT2D eigenvalue weighted by atomic mass is 10.2. The standard InChI is InChI=1S/C22H21N5O3S/c1-3-12-27-17-7-5-4-6-16(17)19-20(27)24-22(26-25-19)31-13-18(28)23-15-10-8-14(9-11-15)21(29)30-2/h4-11H,3,12-13H2,1-2H3,(H,23,28). The number of benzene rings is 2. The molecule has 9 heteroatoms. The van der Waals surface area contributed by atoms with Gasteiger partial charge in [0.05, 0.1) is 23.9 Å². The molecule has 0 atom stereocenters. The van der Waals surface area contributed by atoms with Crippen molar-refractivity contribution in [2.45, 2.75) is 25.0 Å². The van der Waals surface area contributed by atoms with Gasteiger partial charge in [0, 0.05) is 17.6 Å². The van der Waals surface area contributed by atoms with Gasteiger partial charge in [-0.25, -0.2) is 9.78 Å². The van der Waals surface area contributed by atoms with Gasteiger partial charge >= 0.3 is 5.97 Å². The van der Waals surface area contributed by atoms with E-state index in [0.717, 1.165) is 35.0 Å². The fourth-order valence-corrected chi connectivity index (χ4v) is 3.92. The first kappa shape index (κ1) is 20.8. The van der Waals surface area contributed by atoms with Crippen molar-refractivity contribution in [3.05, 3.63) is 54.1 Å². The van der Waals surface area contributed by atoms with Crippen molar-refractivity contribution in [2.75, 3.05) is 18.2 Å². The van der Waals surface area contributed by atoms with Crippen LogP contribution in [0.4, 0.5) is 5.69 Å². The zero-order valence-electron chi connectivity index (χ0n) is 17.2. The van der Waals surface area contributed by atoms with Crippen LogP contribution in [0.3, 0.4) is 0 Å². The lowest BCUT2D eigenvalue weighted by Crippen LogP contribution is -2.14. The Labute approximate surface area is 183 Å². The van der Waals surface area contributed by atoms with E-state index in [1.54, 1.807) is 24.3 Å². The van der Waals surface area contributed by atoms with E-state index in [1.807, 2.05) is 18.2 Å². The number of fused-ring (bicyclic) bond motifs is 3. The van der Waals surface area contributed by atoms with Crippen LogP contribution in [0.2, 0.25) is 0 Å². The first-order chi connectivity index (χ1) is 15.1. The molecule has 0 saturated carbocycles. The minimum Gasteiger partial charge on any atom is -0.465 e. The number of para-hydroxylation sites is 1. The number of aryl methyl sites for hydroxylation is 1. The molecule has 0 aliphatic heterocycles.